The fourth-order valence-electron chi connectivity index (χ4n) is 4.95. The summed E-state index contributed by atoms with van der Waals surface area (Å²) in [5.41, 5.74) is 0. The van der Waals surface area contributed by atoms with E-state index in [1.54, 1.807) is 0 Å². The van der Waals surface area contributed by atoms with Gasteiger partial charge in [-0.15, -0.1) is 0 Å². The Balaban J connectivity index is 3.18. The number of carbonyl (C=O) groups excluding carboxylic acids is 1. The summed E-state index contributed by atoms with van der Waals surface area (Å²) in [6.07, 6.45) is 38.2. The Kier molecular flexibility index (Phi) is 31.4. The van der Waals surface area contributed by atoms with E-state index in [0.717, 1.165) is 31.6 Å². The maximum Gasteiger partial charge on any atom is 0.508 e. The molecule has 0 aliphatic carbocycles. The third kappa shape index (κ3) is 33.0. The van der Waals surface area contributed by atoms with Gasteiger partial charge in [0.2, 0.25) is 0 Å². The van der Waals surface area contributed by atoms with E-state index >= 15 is 0 Å². The monoisotopic (exact) mass is 537 g/mol. The molecular formula is C35H68O3. The van der Waals surface area contributed by atoms with Crippen LogP contribution in [0.4, 0.5) is 4.79 Å². The topological polar surface area (TPSA) is 35.5 Å². The zero-order valence-corrected chi connectivity index (χ0v) is 26.3. The van der Waals surface area contributed by atoms with Crippen molar-refractivity contribution in [2.45, 2.75) is 188 Å². The average molecular weight is 537 g/mol. The lowest BCUT2D eigenvalue weighted by atomic mass is 10.0. The van der Waals surface area contributed by atoms with Crippen LogP contribution in [-0.2, 0) is 9.47 Å². The van der Waals surface area contributed by atoms with Crippen LogP contribution in [-0.4, -0.2) is 19.4 Å². The molecule has 226 valence electrons. The molecule has 0 aromatic carbocycles. The molecular weight excluding hydrogens is 468 g/mol. The maximum atomic E-state index is 11.7. The number of carbonyl (C=O) groups is 1. The highest BCUT2D eigenvalue weighted by atomic mass is 16.7. The highest BCUT2D eigenvalue weighted by molar-refractivity contribution is 5.59. The maximum absolute atomic E-state index is 11.7. The van der Waals surface area contributed by atoms with Crippen molar-refractivity contribution >= 4 is 6.16 Å². The van der Waals surface area contributed by atoms with E-state index in [4.69, 9.17) is 9.47 Å². The third-order valence-electron chi connectivity index (χ3n) is 7.52. The van der Waals surface area contributed by atoms with Gasteiger partial charge in [0.15, 0.2) is 0 Å². The predicted octanol–water partition coefficient (Wildman–Crippen LogP) is 12.5. The molecule has 0 aliphatic heterocycles. The molecule has 0 fully saturated rings. The summed E-state index contributed by atoms with van der Waals surface area (Å²) >= 11 is 0. The molecule has 0 N–H and O–H groups in total. The molecule has 0 rings (SSSR count). The zero-order chi connectivity index (χ0) is 27.8. The Morgan fingerprint density at radius 2 is 0.842 bits per heavy atom. The number of hydrogen-bond donors (Lipinski definition) is 0. The molecule has 0 aromatic heterocycles. The summed E-state index contributed by atoms with van der Waals surface area (Å²) in [7, 11) is 0. The SMILES string of the molecule is CCCCCCCCC=CCCCCCCCCCCCCOC(=O)OCCCCCCCCCC(C)C. The Labute approximate surface area is 239 Å². The molecule has 0 heterocycles. The molecule has 0 aromatic rings. The Morgan fingerprint density at radius 1 is 0.500 bits per heavy atom. The van der Waals surface area contributed by atoms with Crippen LogP contribution in [0.1, 0.15) is 188 Å². The minimum absolute atomic E-state index is 0.480. The largest absolute Gasteiger partial charge is 0.508 e. The molecule has 0 unspecified atom stereocenters. The fraction of sp³-hybridized carbons (Fsp3) is 0.914. The second-order valence-corrected chi connectivity index (χ2v) is 12.0. The second kappa shape index (κ2) is 32.2. The van der Waals surface area contributed by atoms with Crippen LogP contribution >= 0.6 is 0 Å². The summed E-state index contributed by atoms with van der Waals surface area (Å²) in [5, 5.41) is 0. The summed E-state index contributed by atoms with van der Waals surface area (Å²) in [5.74, 6) is 0.832. The summed E-state index contributed by atoms with van der Waals surface area (Å²) < 4.78 is 10.4. The molecule has 0 atom stereocenters. The van der Waals surface area contributed by atoms with Crippen molar-refractivity contribution in [3.63, 3.8) is 0 Å². The first kappa shape index (κ1) is 37.0. The number of ether oxygens (including phenoxy) is 2. The molecule has 3 heteroatoms. The molecule has 0 bridgehead atoms. The first-order chi connectivity index (χ1) is 18.7. The van der Waals surface area contributed by atoms with E-state index in [-0.39, 0.29) is 0 Å². The van der Waals surface area contributed by atoms with Gasteiger partial charge >= 0.3 is 6.16 Å². The minimum Gasteiger partial charge on any atom is -0.434 e. The molecule has 3 nitrogen and oxygen atoms in total. The average Bonchev–Trinajstić information content (AvgIpc) is 2.90. The van der Waals surface area contributed by atoms with Gasteiger partial charge in [-0.2, -0.15) is 0 Å². The second-order valence-electron chi connectivity index (χ2n) is 12.0. The van der Waals surface area contributed by atoms with Crippen molar-refractivity contribution in [3.8, 4) is 0 Å². The van der Waals surface area contributed by atoms with Gasteiger partial charge in [-0.25, -0.2) is 4.79 Å². The van der Waals surface area contributed by atoms with Gasteiger partial charge in [0.1, 0.15) is 0 Å². The fourth-order valence-corrected chi connectivity index (χ4v) is 4.95. The van der Waals surface area contributed by atoms with Gasteiger partial charge in [-0.05, 0) is 44.4 Å². The lowest BCUT2D eigenvalue weighted by Crippen LogP contribution is -2.09. The molecule has 0 saturated carbocycles. The van der Waals surface area contributed by atoms with Crippen LogP contribution in [0.3, 0.4) is 0 Å². The van der Waals surface area contributed by atoms with Gasteiger partial charge in [0.25, 0.3) is 0 Å². The van der Waals surface area contributed by atoms with Gasteiger partial charge in [-0.3, -0.25) is 0 Å². The molecule has 0 radical (unpaired) electrons. The third-order valence-corrected chi connectivity index (χ3v) is 7.52. The lowest BCUT2D eigenvalue weighted by molar-refractivity contribution is 0.0529. The normalized spacial score (nSPS) is 11.6. The van der Waals surface area contributed by atoms with E-state index in [1.165, 1.54) is 141 Å². The predicted molar refractivity (Wildman–Crippen MR) is 167 cm³/mol. The molecule has 0 saturated heterocycles. The van der Waals surface area contributed by atoms with Crippen LogP contribution in [0.2, 0.25) is 0 Å². The first-order valence-corrected chi connectivity index (χ1v) is 17.1. The van der Waals surface area contributed by atoms with Crippen molar-refractivity contribution in [2.75, 3.05) is 13.2 Å². The summed E-state index contributed by atoms with van der Waals surface area (Å²) in [6.45, 7) is 7.88. The summed E-state index contributed by atoms with van der Waals surface area (Å²) in [4.78, 5) is 11.7. The van der Waals surface area contributed by atoms with E-state index in [0.29, 0.717) is 13.2 Å². The number of rotatable bonds is 30. The highest BCUT2D eigenvalue weighted by Crippen LogP contribution is 2.14. The molecule has 0 aliphatic rings. The Hall–Kier alpha value is -0.990. The van der Waals surface area contributed by atoms with Crippen LogP contribution < -0.4 is 0 Å². The van der Waals surface area contributed by atoms with Crippen LogP contribution in [0.15, 0.2) is 12.2 Å². The van der Waals surface area contributed by atoms with Gasteiger partial charge in [-0.1, -0.05) is 161 Å². The quantitative estimate of drug-likeness (QED) is 0.0520. The zero-order valence-electron chi connectivity index (χ0n) is 26.3. The van der Waals surface area contributed by atoms with Crippen molar-refractivity contribution in [3.05, 3.63) is 12.2 Å². The Morgan fingerprint density at radius 3 is 1.24 bits per heavy atom. The van der Waals surface area contributed by atoms with Crippen LogP contribution in [0, 0.1) is 5.92 Å². The van der Waals surface area contributed by atoms with E-state index in [2.05, 4.69) is 32.9 Å². The van der Waals surface area contributed by atoms with Crippen molar-refractivity contribution < 1.29 is 14.3 Å². The number of hydrogen-bond acceptors (Lipinski definition) is 3. The van der Waals surface area contributed by atoms with Gasteiger partial charge in [0.05, 0.1) is 13.2 Å². The lowest BCUT2D eigenvalue weighted by Gasteiger charge is -2.07. The van der Waals surface area contributed by atoms with Crippen molar-refractivity contribution in [1.82, 2.24) is 0 Å². The van der Waals surface area contributed by atoms with Crippen LogP contribution in [0.5, 0.6) is 0 Å². The summed E-state index contributed by atoms with van der Waals surface area (Å²) in [6, 6.07) is 0. The number of allylic oxidation sites excluding steroid dienone is 2. The molecule has 38 heavy (non-hydrogen) atoms. The van der Waals surface area contributed by atoms with Gasteiger partial charge in [0, 0.05) is 0 Å². The highest BCUT2D eigenvalue weighted by Gasteiger charge is 2.03. The van der Waals surface area contributed by atoms with Crippen molar-refractivity contribution in [2.24, 2.45) is 5.92 Å². The Bertz CT molecular complexity index is 486. The number of unbranched alkanes of at least 4 members (excludes halogenated alkanes) is 22. The van der Waals surface area contributed by atoms with Gasteiger partial charge < -0.3 is 9.47 Å². The van der Waals surface area contributed by atoms with E-state index in [1.807, 2.05) is 0 Å². The smallest absolute Gasteiger partial charge is 0.434 e. The first-order valence-electron chi connectivity index (χ1n) is 17.1. The van der Waals surface area contributed by atoms with Crippen LogP contribution in [0.25, 0.3) is 0 Å². The van der Waals surface area contributed by atoms with E-state index in [9.17, 15) is 4.79 Å². The standard InChI is InChI=1S/C35H68O3/c1-4-5-6-7-8-9-10-11-12-13-14-15-16-17-18-19-20-23-26-29-32-37-35(36)38-33-30-27-24-21-22-25-28-31-34(2)3/h11-12,34H,4-10,13-33H2,1-3H3. The molecule has 0 amide bonds. The van der Waals surface area contributed by atoms with Crippen molar-refractivity contribution in [1.29, 1.82) is 0 Å². The molecule has 0 spiro atoms. The minimum atomic E-state index is -0.480. The van der Waals surface area contributed by atoms with E-state index < -0.39 is 6.16 Å².